The van der Waals surface area contributed by atoms with Gasteiger partial charge in [-0.25, -0.2) is 9.82 Å². The molecule has 0 bridgehead atoms. The maximum absolute atomic E-state index is 11.2. The van der Waals surface area contributed by atoms with Crippen molar-refractivity contribution in [2.24, 2.45) is 5.73 Å². The summed E-state index contributed by atoms with van der Waals surface area (Å²) in [6.45, 7) is -0.336. The number of phosphoric acid groups is 1. The first-order chi connectivity index (χ1) is 11.9. The molecule has 2 heterocycles. The topological polar surface area (TPSA) is 171 Å². The summed E-state index contributed by atoms with van der Waals surface area (Å²) < 4.78 is 30.4. The number of nitrogens with one attached hydrogen (secondary N) is 2. The van der Waals surface area contributed by atoms with Crippen molar-refractivity contribution < 1.29 is 38.6 Å². The summed E-state index contributed by atoms with van der Waals surface area (Å²) in [6, 6.07) is 0. The molecule has 0 aliphatic carbocycles. The monoisotopic (exact) mass is 402 g/mol. The van der Waals surface area contributed by atoms with Crippen LogP contribution in [0.2, 0.25) is 0 Å². The van der Waals surface area contributed by atoms with Crippen LogP contribution in [0, 0.1) is 0 Å². The maximum Gasteiger partial charge on any atom is 0.499 e. The Hall–Kier alpha value is -0.280. The van der Waals surface area contributed by atoms with E-state index in [9.17, 15) is 9.77 Å². The van der Waals surface area contributed by atoms with E-state index in [4.69, 9.17) is 25.4 Å². The van der Waals surface area contributed by atoms with E-state index >= 15 is 0 Å². The Kier molecular flexibility index (Phi) is 8.07. The molecule has 2 aliphatic heterocycles. The number of phosphoric ester groups is 1. The van der Waals surface area contributed by atoms with Crippen LogP contribution in [0.5, 0.6) is 0 Å². The molecule has 146 valence electrons. The molecular weight excluding hydrogens is 379 g/mol. The number of hydrogen-bond donors (Lipinski definition) is 6. The number of fused-ring (bicyclic) bond motifs is 1. The van der Waals surface area contributed by atoms with E-state index in [2.05, 4.69) is 14.5 Å². The van der Waals surface area contributed by atoms with Crippen LogP contribution in [0.25, 0.3) is 0 Å². The predicted molar refractivity (Wildman–Crippen MR) is 86.8 cm³/mol. The van der Waals surface area contributed by atoms with Crippen molar-refractivity contribution in [3.05, 3.63) is 12.3 Å². The highest BCUT2D eigenvalue weighted by Gasteiger charge is 2.47. The normalized spacial score (nSPS) is 30.3. The molecule has 7 N–H and O–H groups in total. The lowest BCUT2D eigenvalue weighted by Crippen LogP contribution is -2.48. The van der Waals surface area contributed by atoms with Gasteiger partial charge in [0.25, 0.3) is 0 Å². The van der Waals surface area contributed by atoms with Gasteiger partial charge in [-0.3, -0.25) is 9.84 Å². The minimum Gasteiger partial charge on any atom is -0.337 e. The largest absolute Gasteiger partial charge is 0.499 e. The molecule has 14 heteroatoms. The third-order valence-electron chi connectivity index (χ3n) is 3.46. The van der Waals surface area contributed by atoms with E-state index in [1.165, 1.54) is 0 Å². The van der Waals surface area contributed by atoms with E-state index in [1.54, 1.807) is 28.9 Å². The summed E-state index contributed by atoms with van der Waals surface area (Å²) in [5.41, 5.74) is 7.80. The van der Waals surface area contributed by atoms with Crippen LogP contribution in [0.3, 0.4) is 0 Å². The molecule has 4 unspecified atom stereocenters. The van der Waals surface area contributed by atoms with E-state index in [0.29, 0.717) is 12.2 Å². The van der Waals surface area contributed by atoms with Crippen LogP contribution >= 0.6 is 19.6 Å². The maximum atomic E-state index is 11.2. The number of nitrogens with two attached hydrogens (primary N) is 1. The number of nitrogens with zero attached hydrogens (tertiary/aromatic N) is 1. The molecular formula is C11H23N4O8PS. The van der Waals surface area contributed by atoms with E-state index in [-0.39, 0.29) is 19.1 Å². The van der Waals surface area contributed by atoms with Gasteiger partial charge in [-0.2, -0.15) is 17.2 Å². The van der Waals surface area contributed by atoms with Crippen molar-refractivity contribution in [3.63, 3.8) is 0 Å². The molecule has 1 saturated heterocycles. The van der Waals surface area contributed by atoms with Gasteiger partial charge in [0.15, 0.2) is 12.5 Å². The first-order valence-corrected chi connectivity index (χ1v) is 10.3. The number of rotatable bonds is 11. The molecule has 0 amide bonds. The molecule has 0 spiro atoms. The first-order valence-electron chi connectivity index (χ1n) is 7.37. The van der Waals surface area contributed by atoms with Gasteiger partial charge in [0.1, 0.15) is 0 Å². The summed E-state index contributed by atoms with van der Waals surface area (Å²) in [5, 5.41) is 20.8. The van der Waals surface area contributed by atoms with E-state index < -0.39 is 26.4 Å². The van der Waals surface area contributed by atoms with Gasteiger partial charge in [0, 0.05) is 6.20 Å². The number of epoxide rings is 1. The lowest BCUT2D eigenvalue weighted by Gasteiger charge is -2.31. The molecule has 0 aromatic rings. The lowest BCUT2D eigenvalue weighted by molar-refractivity contribution is -0.181. The second-order valence-corrected chi connectivity index (χ2v) is 7.64. The fourth-order valence-electron chi connectivity index (χ4n) is 2.18. The molecule has 2 aliphatic rings. The van der Waals surface area contributed by atoms with Crippen LogP contribution in [0.15, 0.2) is 12.3 Å². The van der Waals surface area contributed by atoms with Crippen molar-refractivity contribution in [1.82, 2.24) is 15.7 Å². The second kappa shape index (κ2) is 9.60. The fraction of sp³-hybridized carbons (Fsp3) is 0.818. The summed E-state index contributed by atoms with van der Waals surface area (Å²) in [5.74, 6) is 0.673. The van der Waals surface area contributed by atoms with Crippen LogP contribution in [0.4, 0.5) is 0 Å². The Balaban J connectivity index is 1.98. The Morgan fingerprint density at radius 3 is 3.00 bits per heavy atom. The minimum absolute atomic E-state index is 0.300. The van der Waals surface area contributed by atoms with Crippen molar-refractivity contribution in [2.75, 3.05) is 18.6 Å². The Bertz CT molecular complexity index is 503. The highest BCUT2D eigenvalue weighted by Crippen LogP contribution is 2.42. The number of ether oxygens (including phenoxy) is 2. The first kappa shape index (κ1) is 21.0. The van der Waals surface area contributed by atoms with E-state index in [0.717, 1.165) is 0 Å². The smallest absolute Gasteiger partial charge is 0.337 e. The Labute approximate surface area is 148 Å². The SMILES string of the molecule is CSCC[C@H](COP(=O)(O)OO)O[C@H](NO)N1C=CC(N)NC2OC21. The van der Waals surface area contributed by atoms with Gasteiger partial charge < -0.3 is 30.2 Å². The molecule has 0 radical (unpaired) electrons. The summed E-state index contributed by atoms with van der Waals surface area (Å²) >= 11 is 1.54. The zero-order valence-corrected chi connectivity index (χ0v) is 15.1. The van der Waals surface area contributed by atoms with Gasteiger partial charge in [-0.15, -0.1) is 4.67 Å². The average molecular weight is 402 g/mol. The second-order valence-electron chi connectivity index (χ2n) is 5.30. The van der Waals surface area contributed by atoms with Crippen molar-refractivity contribution in [1.29, 1.82) is 0 Å². The third-order valence-corrected chi connectivity index (χ3v) is 4.78. The Morgan fingerprint density at radius 1 is 1.60 bits per heavy atom. The van der Waals surface area contributed by atoms with Crippen LogP contribution < -0.4 is 16.5 Å². The molecule has 0 aromatic heterocycles. The van der Waals surface area contributed by atoms with Crippen LogP contribution in [-0.4, -0.2) is 70.0 Å². The molecule has 0 saturated carbocycles. The number of hydroxylamine groups is 1. The van der Waals surface area contributed by atoms with E-state index in [1.807, 2.05) is 11.7 Å². The number of hydrogen-bond acceptors (Lipinski definition) is 12. The molecule has 6 atom stereocenters. The predicted octanol–water partition coefficient (Wildman–Crippen LogP) is -0.620. The highest BCUT2D eigenvalue weighted by atomic mass is 32.2. The van der Waals surface area contributed by atoms with Gasteiger partial charge in [-0.1, -0.05) is 0 Å². The standard InChI is InChI=1S/C11H23N4O8PS/c1-25-5-3-7(6-20-24(18,19)23-17)21-11(14-16)15-4-2-8(12)13-9-10(15)22-9/h2,4,7-11,13-14,16-17H,3,5-6,12H2,1H3,(H,18,19)/t7-,8?,9?,10?,11-/m1/s1. The van der Waals surface area contributed by atoms with Gasteiger partial charge in [-0.05, 0) is 24.5 Å². The zero-order chi connectivity index (χ0) is 18.4. The number of thioether (sulfide) groups is 1. The lowest BCUT2D eigenvalue weighted by atomic mass is 10.3. The summed E-state index contributed by atoms with van der Waals surface area (Å²) in [6.07, 6.45) is 2.84. The summed E-state index contributed by atoms with van der Waals surface area (Å²) in [7, 11) is -4.56. The highest BCUT2D eigenvalue weighted by molar-refractivity contribution is 7.98. The summed E-state index contributed by atoms with van der Waals surface area (Å²) in [4.78, 5) is 10.7. The van der Waals surface area contributed by atoms with Gasteiger partial charge in [0.05, 0.1) is 18.9 Å². The van der Waals surface area contributed by atoms with Crippen molar-refractivity contribution >= 4 is 19.6 Å². The zero-order valence-electron chi connectivity index (χ0n) is 13.4. The minimum atomic E-state index is -4.56. The quantitative estimate of drug-likeness (QED) is 0.0850. The van der Waals surface area contributed by atoms with Gasteiger partial charge in [0.2, 0.25) is 6.35 Å². The molecule has 12 nitrogen and oxygen atoms in total. The third kappa shape index (κ3) is 6.43. The molecule has 25 heavy (non-hydrogen) atoms. The van der Waals surface area contributed by atoms with Crippen LogP contribution in [-0.2, 0) is 23.2 Å². The van der Waals surface area contributed by atoms with Crippen LogP contribution in [0.1, 0.15) is 6.42 Å². The Morgan fingerprint density at radius 2 is 2.36 bits per heavy atom. The average Bonchev–Trinajstić information content (AvgIpc) is 3.35. The van der Waals surface area contributed by atoms with Crippen molar-refractivity contribution in [3.8, 4) is 0 Å². The molecule has 2 rings (SSSR count). The fourth-order valence-corrected chi connectivity index (χ4v) is 3.08. The van der Waals surface area contributed by atoms with Crippen molar-refractivity contribution in [2.45, 2.75) is 37.5 Å². The molecule has 0 aromatic carbocycles. The van der Waals surface area contributed by atoms with Gasteiger partial charge >= 0.3 is 7.82 Å². The molecule has 1 fully saturated rings.